The molecule has 0 unspecified atom stereocenters. The van der Waals surface area contributed by atoms with E-state index in [1.807, 2.05) is 0 Å². The minimum absolute atomic E-state index is 0.0163. The van der Waals surface area contributed by atoms with Crippen LogP contribution in [0.4, 0.5) is 8.78 Å². The fraction of sp³-hybridized carbons (Fsp3) is 0.857. The summed E-state index contributed by atoms with van der Waals surface area (Å²) < 4.78 is 92.5. The van der Waals surface area contributed by atoms with Crippen LogP contribution in [0.3, 0.4) is 0 Å². The highest BCUT2D eigenvalue weighted by atomic mass is 35.5. The molecular weight excluding hydrogens is 1730 g/mol. The number of unbranched alkanes of at least 4 members (excludes halogenated alkanes) is 16. The van der Waals surface area contributed by atoms with Crippen molar-refractivity contribution in [3.05, 3.63) is 70.9 Å². The number of ether oxygens (including phenoxy) is 3. The molecule has 756 valence electrons. The van der Waals surface area contributed by atoms with Crippen molar-refractivity contribution in [2.45, 2.75) is 391 Å². The zero-order valence-corrected chi connectivity index (χ0v) is 88.1. The van der Waals surface area contributed by atoms with E-state index in [2.05, 4.69) is 160 Å². The van der Waals surface area contributed by atoms with E-state index in [1.165, 1.54) is 220 Å². The number of allylic oxidation sites excluding steroid dienone is 10. The van der Waals surface area contributed by atoms with Crippen LogP contribution in [-0.2, 0) is 53.1 Å². The van der Waals surface area contributed by atoms with Gasteiger partial charge in [-0.3, -0.25) is 19.2 Å². The second-order valence-electron chi connectivity index (χ2n) is 48.5. The van der Waals surface area contributed by atoms with Gasteiger partial charge < -0.3 is 39.8 Å². The summed E-state index contributed by atoms with van der Waals surface area (Å²) in [5, 5.41) is 18.2. The molecule has 0 spiro atoms. The lowest BCUT2D eigenvalue weighted by Crippen LogP contribution is -2.68. The second-order valence-corrected chi connectivity index (χ2v) is 53.3. The van der Waals surface area contributed by atoms with Crippen molar-refractivity contribution in [1.29, 1.82) is 0 Å². The zero-order valence-electron chi connectivity index (χ0n) is 85.7. The van der Waals surface area contributed by atoms with Crippen molar-refractivity contribution in [2.75, 3.05) is 102 Å². The largest absolute Gasteiger partial charge is 0.481 e. The summed E-state index contributed by atoms with van der Waals surface area (Å²) in [6.45, 7) is 48.3. The number of fused-ring (bicyclic) bond motifs is 14. The van der Waals surface area contributed by atoms with Crippen LogP contribution in [0.1, 0.15) is 379 Å². The molecule has 3 N–H and O–H groups in total. The molecule has 2 aliphatic heterocycles. The van der Waals surface area contributed by atoms with Gasteiger partial charge in [0, 0.05) is 76.3 Å². The van der Waals surface area contributed by atoms with Gasteiger partial charge in [-0.05, 0) is 306 Å². The van der Waals surface area contributed by atoms with Crippen molar-refractivity contribution in [3.63, 3.8) is 0 Å². The Morgan fingerprint density at radius 3 is 1.18 bits per heavy atom. The average Bonchev–Trinajstić information content (AvgIpc) is 1.65. The molecule has 20 atom stereocenters. The molecule has 0 aromatic carbocycles. The minimum atomic E-state index is -2.89. The highest BCUT2D eigenvalue weighted by Crippen LogP contribution is 2.79. The highest BCUT2D eigenvalue weighted by molar-refractivity contribution is 7.91. The van der Waals surface area contributed by atoms with Crippen molar-refractivity contribution in [1.82, 2.24) is 20.4 Å². The van der Waals surface area contributed by atoms with Crippen LogP contribution in [0.2, 0.25) is 0 Å². The summed E-state index contributed by atoms with van der Waals surface area (Å²) >= 11 is 5.28. The van der Waals surface area contributed by atoms with Gasteiger partial charge in [0.1, 0.15) is 18.8 Å². The lowest BCUT2D eigenvalue weighted by molar-refractivity contribution is -0.221. The normalized spacial score (nSPS) is 37.8. The predicted octanol–water partition coefficient (Wildman–Crippen LogP) is 25.3. The Hall–Kier alpha value is -3.79. The summed E-state index contributed by atoms with van der Waals surface area (Å²) in [6, 6.07) is -0.0176. The summed E-state index contributed by atoms with van der Waals surface area (Å²) in [4.78, 5) is 53.4. The summed E-state index contributed by atoms with van der Waals surface area (Å²) in [5.41, 5.74) is 7.05. The molecule has 133 heavy (non-hydrogen) atoms. The molecule has 14 rings (SSSR count). The van der Waals surface area contributed by atoms with Gasteiger partial charge in [0.2, 0.25) is 6.79 Å². The van der Waals surface area contributed by atoms with Crippen LogP contribution < -0.4 is 10.6 Å². The first-order valence-electron chi connectivity index (χ1n) is 53.9. The Morgan fingerprint density at radius 2 is 0.827 bits per heavy atom. The Balaban J connectivity index is 0.000000210. The number of hydrogen-bond acceptors (Lipinski definition) is 15. The molecule has 12 aliphatic carbocycles. The van der Waals surface area contributed by atoms with Gasteiger partial charge in [0.15, 0.2) is 25.7 Å². The SMILES string of the molecule is C=C(C)[C@@H]1CC[C@]2(NCCN3CCS(=O)(=O)CC3)CC[C@]3(C)[C@H](CC[C@@H]4[C@@]5(C)CC=C(C6=CC[C@@](CF)(C(=O)O)CC6)C(C)(C)[C@@H]5CC[C@]43C)[C@@H]12.C=C(C)[C@@H]1CC[C@]2(NCCN3CCS(=O)(=O)CC3)CC[C@]3(C)[C@H](CC[C@@H]4[C@@]5(C)CC=C(C6=CC[C@@](CF)(C(=O)OCOC(=O)CCCCCCCCCCC)CC6)C(C)(C)[C@@H]5CC[C@]43C)[C@@H]12.CCCCCCCCCCCC(=O)OCCl. The number of alkyl halides is 3. The summed E-state index contributed by atoms with van der Waals surface area (Å²) in [7, 11) is -5.76. The van der Waals surface area contributed by atoms with E-state index in [-0.39, 0.29) is 90.3 Å². The van der Waals surface area contributed by atoms with Crippen LogP contribution in [0, 0.1) is 113 Å². The van der Waals surface area contributed by atoms with Gasteiger partial charge in [0.25, 0.3) is 0 Å². The summed E-state index contributed by atoms with van der Waals surface area (Å²) in [6.07, 6.45) is 56.5. The maximum Gasteiger partial charge on any atom is 0.317 e. The monoisotopic (exact) mass is 1910 g/mol. The lowest BCUT2D eigenvalue weighted by Gasteiger charge is -2.72. The van der Waals surface area contributed by atoms with Gasteiger partial charge in [-0.1, -0.05) is 246 Å². The van der Waals surface area contributed by atoms with Crippen LogP contribution in [-0.4, -0.2) is 168 Å². The van der Waals surface area contributed by atoms with Gasteiger partial charge in [-0.25, -0.2) is 25.6 Å². The first-order valence-corrected chi connectivity index (χ1v) is 58.0. The van der Waals surface area contributed by atoms with E-state index in [0.29, 0.717) is 142 Å². The molecule has 2 heterocycles. The molecule has 0 radical (unpaired) electrons. The number of rotatable bonds is 39. The Morgan fingerprint density at radius 1 is 0.451 bits per heavy atom. The minimum Gasteiger partial charge on any atom is -0.481 e. The number of nitrogens with one attached hydrogen (secondary N) is 2. The third-order valence-electron chi connectivity index (χ3n) is 40.9. The first kappa shape index (κ1) is 108. The third-order valence-corrected chi connectivity index (χ3v) is 44.2. The molecule has 10 fully saturated rings. The van der Waals surface area contributed by atoms with Crippen LogP contribution in [0.25, 0.3) is 0 Å². The van der Waals surface area contributed by atoms with Crippen molar-refractivity contribution in [3.8, 4) is 0 Å². The standard InChI is InChI=1S/C56H91FN2O6S.C43H67FN2O4S.C13H25ClO2/c1-9-10-11-12-13-14-15-16-17-18-48(60)64-40-65-50(61)55(39-57)28-21-42(22-29-55)44-24-26-52(6)46(51(44,4)5)25-27-54(8)47(52)20-19-45-49-43(41(2)3)23-30-56(49,32-31-53(45,54)7)58-33-34-59-35-37-66(62,63)38-36-59;1-29(2)31-12-19-43(45-22-23-46-24-26-51(49,50)27-25-46)21-20-40(6)33(36(31)43)8-9-35-39(5)15-13-32(38(3,4)34(39)14-16-41(35,40)7)30-10-17-42(28-44,18-11-30)37(47)48;1-2-3-4-5-6-7-8-9-10-11-13(15)16-12-14/h21,24,43,45-47,49,58H,2,9-20,22-23,25-40H2,1,3-8H3;10,13,31,33-36,45H,1,8-9,11-12,14-28H2,2-7H3,(H,47,48);2-12H2,1H3/t43-,45+,46-,47+,49+,52-,53+,54+,55+,56-;31-,33+,34-,35+,36+,39-,40+,41+,42+,43-;/m00./s1. The molecule has 16 nitrogen and oxygen atoms in total. The smallest absolute Gasteiger partial charge is 0.317 e. The van der Waals surface area contributed by atoms with E-state index < -0.39 is 62.6 Å². The van der Waals surface area contributed by atoms with Gasteiger partial charge >= 0.3 is 23.9 Å². The van der Waals surface area contributed by atoms with E-state index >= 15 is 0 Å². The van der Waals surface area contributed by atoms with Crippen LogP contribution in [0.5, 0.6) is 0 Å². The van der Waals surface area contributed by atoms with Gasteiger partial charge in [-0.2, -0.15) is 0 Å². The van der Waals surface area contributed by atoms with Crippen molar-refractivity contribution < 1.29 is 64.1 Å². The van der Waals surface area contributed by atoms with E-state index in [1.54, 1.807) is 0 Å². The highest BCUT2D eigenvalue weighted by Gasteiger charge is 2.73. The fourth-order valence-electron chi connectivity index (χ4n) is 32.8. The number of carbonyl (C=O) groups excluding carboxylic acids is 3. The predicted molar refractivity (Wildman–Crippen MR) is 538 cm³/mol. The van der Waals surface area contributed by atoms with Crippen LogP contribution in [0.15, 0.2) is 70.9 Å². The third kappa shape index (κ3) is 22.5. The van der Waals surface area contributed by atoms with Crippen LogP contribution >= 0.6 is 11.6 Å². The quantitative estimate of drug-likeness (QED) is 0.0171. The number of aliphatic carboxylic acids is 1. The second kappa shape index (κ2) is 44.8. The molecule has 0 bridgehead atoms. The van der Waals surface area contributed by atoms with Gasteiger partial charge in [-0.15, -0.1) is 0 Å². The number of esters is 3. The maximum absolute atomic E-state index is 14.9. The topological polar surface area (TPSA) is 215 Å². The molecule has 0 amide bonds. The number of carboxylic acid groups (broad SMARTS) is 1. The summed E-state index contributed by atoms with van der Waals surface area (Å²) in [5.74, 6) is 4.91. The molecule has 21 heteroatoms. The Labute approximate surface area is 810 Å². The molecule has 0 aromatic heterocycles. The number of carboxylic acids is 1. The number of halogens is 3. The fourth-order valence-corrected chi connectivity index (χ4v) is 35.4. The molecule has 0 aromatic rings. The van der Waals surface area contributed by atoms with Crippen molar-refractivity contribution >= 4 is 55.2 Å². The molecule has 8 saturated carbocycles. The molecular formula is C112H183ClF2N4O12S2. The van der Waals surface area contributed by atoms with E-state index in [0.717, 1.165) is 71.1 Å². The molecule has 14 aliphatic rings. The Kier molecular flexibility index (Phi) is 36.4. The molecule has 2 saturated heterocycles. The van der Waals surface area contributed by atoms with Gasteiger partial charge in [0.05, 0.1) is 28.4 Å². The van der Waals surface area contributed by atoms with E-state index in [9.17, 15) is 49.9 Å². The number of hydrogen-bond donors (Lipinski definition) is 3. The number of carbonyl (C=O) groups is 4. The van der Waals surface area contributed by atoms with E-state index in [4.69, 9.17) is 21.1 Å². The average molecular weight is 1920 g/mol. The zero-order chi connectivity index (χ0) is 96.5. The number of nitrogens with zero attached hydrogens (tertiary/aromatic N) is 2. The first-order chi connectivity index (χ1) is 63.0. The number of sulfone groups is 2. The maximum atomic E-state index is 14.9. The lowest BCUT2D eigenvalue weighted by atomic mass is 9.33. The van der Waals surface area contributed by atoms with Crippen molar-refractivity contribution in [2.24, 2.45) is 113 Å². The Bertz CT molecular complexity index is 4370.